The number of nitrogens with zero attached hydrogens (tertiary/aromatic N) is 3. The van der Waals surface area contributed by atoms with Gasteiger partial charge in [-0.15, -0.1) is 0 Å². The van der Waals surface area contributed by atoms with Crippen molar-refractivity contribution in [3.8, 4) is 0 Å². The van der Waals surface area contributed by atoms with Crippen LogP contribution in [0.5, 0.6) is 0 Å². The summed E-state index contributed by atoms with van der Waals surface area (Å²) in [5.74, 6) is 0. The molecule has 1 aliphatic carbocycles. The molecule has 0 heterocycles. The van der Waals surface area contributed by atoms with E-state index in [-0.39, 0.29) is 3.12 Å². The molecule has 0 aromatic heterocycles. The second-order valence-electron chi connectivity index (χ2n) is 6.96. The summed E-state index contributed by atoms with van der Waals surface area (Å²) in [6.45, 7) is 19.7. The molecule has 0 aliphatic heterocycles. The van der Waals surface area contributed by atoms with E-state index in [0.29, 0.717) is 0 Å². The molecule has 0 N–H and O–H groups in total. The number of rotatable bonds is 7. The summed E-state index contributed by atoms with van der Waals surface area (Å²) in [5, 5.41) is 0. The molecule has 0 saturated heterocycles. The minimum absolute atomic E-state index is 0.184. The van der Waals surface area contributed by atoms with Crippen molar-refractivity contribution in [2.75, 3.05) is 40.8 Å². The van der Waals surface area contributed by atoms with Crippen LogP contribution in [-0.4, -0.2) is 49.3 Å². The summed E-state index contributed by atoms with van der Waals surface area (Å²) >= 11 is -3.06. The minimum atomic E-state index is -3.06. The van der Waals surface area contributed by atoms with E-state index in [4.69, 9.17) is 0 Å². The van der Waals surface area contributed by atoms with Crippen LogP contribution in [0.15, 0.2) is 22.8 Å². The van der Waals surface area contributed by atoms with Gasteiger partial charge in [-0.3, -0.25) is 0 Å². The van der Waals surface area contributed by atoms with Crippen molar-refractivity contribution in [2.45, 2.75) is 51.6 Å². The van der Waals surface area contributed by atoms with Gasteiger partial charge in [0, 0.05) is 0 Å². The average Bonchev–Trinajstić information content (AvgIpc) is 2.70. The van der Waals surface area contributed by atoms with Crippen molar-refractivity contribution in [1.29, 1.82) is 0 Å². The molecule has 1 unspecified atom stereocenters. The quantitative estimate of drug-likeness (QED) is 0.649. The standard InChI is InChI=1S/C9H13.3C3H8N.Zr/c1-6-5-7(2)9(4)8(6)3;3*1-3-4-2;/h5H,1-4H3;3*3H2,1-2H3;/q;3*-1;+3. The third kappa shape index (κ3) is 2.75. The number of allylic oxidation sites excluding steroid dienone is 4. The molecule has 22 heavy (non-hydrogen) atoms. The van der Waals surface area contributed by atoms with Crippen LogP contribution in [0.3, 0.4) is 0 Å². The van der Waals surface area contributed by atoms with Crippen LogP contribution < -0.4 is 0 Å². The Kier molecular flexibility index (Phi) is 6.85. The van der Waals surface area contributed by atoms with Crippen molar-refractivity contribution in [3.63, 3.8) is 0 Å². The Morgan fingerprint density at radius 1 is 0.864 bits per heavy atom. The van der Waals surface area contributed by atoms with Crippen molar-refractivity contribution in [3.05, 3.63) is 22.8 Å². The van der Waals surface area contributed by atoms with E-state index in [1.54, 1.807) is 5.57 Å². The summed E-state index contributed by atoms with van der Waals surface area (Å²) in [6, 6.07) is 0. The molecule has 0 saturated carbocycles. The van der Waals surface area contributed by atoms with Crippen LogP contribution in [-0.2, 0) is 21.1 Å². The fraction of sp³-hybridized carbons (Fsp3) is 0.778. The van der Waals surface area contributed by atoms with Crippen molar-refractivity contribution < 1.29 is 21.1 Å². The van der Waals surface area contributed by atoms with Gasteiger partial charge in [-0.25, -0.2) is 0 Å². The van der Waals surface area contributed by atoms with Crippen LogP contribution in [0.4, 0.5) is 0 Å². The second-order valence-corrected chi connectivity index (χ2v) is 18.3. The fourth-order valence-corrected chi connectivity index (χ4v) is 20.5. The Morgan fingerprint density at radius 2 is 1.23 bits per heavy atom. The monoisotopic (exact) mass is 385 g/mol. The van der Waals surface area contributed by atoms with Gasteiger partial charge in [0.15, 0.2) is 0 Å². The first kappa shape index (κ1) is 20.3. The first-order chi connectivity index (χ1) is 10.1. The molecular formula is C18H37N3Zr. The van der Waals surface area contributed by atoms with E-state index in [0.717, 1.165) is 19.6 Å². The Morgan fingerprint density at radius 3 is 1.45 bits per heavy atom. The van der Waals surface area contributed by atoms with Crippen LogP contribution >= 0.6 is 0 Å². The summed E-state index contributed by atoms with van der Waals surface area (Å²) < 4.78 is 8.33. The molecule has 0 radical (unpaired) electrons. The van der Waals surface area contributed by atoms with Crippen molar-refractivity contribution >= 4 is 0 Å². The van der Waals surface area contributed by atoms with Crippen molar-refractivity contribution in [1.82, 2.24) is 8.53 Å². The van der Waals surface area contributed by atoms with E-state index in [1.807, 2.05) is 0 Å². The maximum absolute atomic E-state index is 3.06. The topological polar surface area (TPSA) is 9.72 Å². The molecule has 0 fully saturated rings. The van der Waals surface area contributed by atoms with E-state index < -0.39 is 21.1 Å². The molecule has 128 valence electrons. The zero-order valence-electron chi connectivity index (χ0n) is 16.5. The third-order valence-corrected chi connectivity index (χ3v) is 21.0. The van der Waals surface area contributed by atoms with Crippen molar-refractivity contribution in [2.24, 2.45) is 0 Å². The SMILES string of the molecule is CC[N](C)[Zr]([N](C)CC)([N](C)CC)[C]1(C)C=C(C)C(C)=C1C. The van der Waals surface area contributed by atoms with Gasteiger partial charge in [-0.1, -0.05) is 0 Å². The normalized spacial score (nSPS) is 23.2. The van der Waals surface area contributed by atoms with E-state index in [1.165, 1.54) is 11.1 Å². The van der Waals surface area contributed by atoms with E-state index >= 15 is 0 Å². The Balaban J connectivity index is 3.70. The molecule has 1 aliphatic rings. The van der Waals surface area contributed by atoms with E-state index in [9.17, 15) is 0 Å². The van der Waals surface area contributed by atoms with Crippen LogP contribution in [0.2, 0.25) is 3.12 Å². The Labute approximate surface area is 144 Å². The molecular weight excluding hydrogens is 349 g/mol. The molecule has 0 amide bonds. The average molecular weight is 387 g/mol. The van der Waals surface area contributed by atoms with Gasteiger partial charge in [0.25, 0.3) is 0 Å². The van der Waals surface area contributed by atoms with E-state index in [2.05, 4.69) is 84.2 Å². The van der Waals surface area contributed by atoms with Crippen LogP contribution in [0.1, 0.15) is 48.5 Å². The Hall–Kier alpha value is 0.243. The number of hydrogen-bond acceptors (Lipinski definition) is 3. The van der Waals surface area contributed by atoms with Gasteiger partial charge in [0.2, 0.25) is 0 Å². The third-order valence-electron chi connectivity index (χ3n) is 6.15. The van der Waals surface area contributed by atoms with Gasteiger partial charge in [-0.2, -0.15) is 0 Å². The predicted octanol–water partition coefficient (Wildman–Crippen LogP) is 4.22. The molecule has 4 heteroatoms. The summed E-state index contributed by atoms with van der Waals surface area (Å²) in [5.41, 5.74) is 4.56. The zero-order chi connectivity index (χ0) is 17.3. The van der Waals surface area contributed by atoms with Gasteiger partial charge in [0.05, 0.1) is 0 Å². The second kappa shape index (κ2) is 7.42. The van der Waals surface area contributed by atoms with Gasteiger partial charge < -0.3 is 0 Å². The molecule has 1 rings (SSSR count). The zero-order valence-corrected chi connectivity index (χ0v) is 19.0. The fourth-order valence-electron chi connectivity index (χ4n) is 4.41. The first-order valence-corrected chi connectivity index (χ1v) is 13.2. The molecule has 0 spiro atoms. The molecule has 3 nitrogen and oxygen atoms in total. The first-order valence-electron chi connectivity index (χ1n) is 8.66. The van der Waals surface area contributed by atoms with Gasteiger partial charge in [-0.05, 0) is 0 Å². The van der Waals surface area contributed by atoms with Crippen LogP contribution in [0, 0.1) is 0 Å². The Bertz CT molecular complexity index is 442. The van der Waals surface area contributed by atoms with Gasteiger partial charge >= 0.3 is 145 Å². The summed E-state index contributed by atoms with van der Waals surface area (Å²) in [7, 11) is 7.05. The van der Waals surface area contributed by atoms with Crippen LogP contribution in [0.25, 0.3) is 0 Å². The summed E-state index contributed by atoms with van der Waals surface area (Å²) in [6.07, 6.45) is 2.58. The predicted molar refractivity (Wildman–Crippen MR) is 95.4 cm³/mol. The van der Waals surface area contributed by atoms with Gasteiger partial charge in [0.1, 0.15) is 0 Å². The molecule has 1 atom stereocenters. The maximum atomic E-state index is 2.72. The number of hydrogen-bond donors (Lipinski definition) is 0. The molecule has 0 aromatic rings. The summed E-state index contributed by atoms with van der Waals surface area (Å²) in [4.78, 5) is 0. The molecule has 0 bridgehead atoms. The molecule has 0 aromatic carbocycles.